The van der Waals surface area contributed by atoms with Crippen molar-refractivity contribution >= 4 is 39.2 Å². The summed E-state index contributed by atoms with van der Waals surface area (Å²) in [6, 6.07) is 5.15. The molecular weight excluding hydrogens is 382 g/mol. The number of amides is 3. The Morgan fingerprint density at radius 2 is 1.81 bits per heavy atom. The number of carbonyl (C=O) groups excluding carboxylic acids is 3. The third-order valence-electron chi connectivity index (χ3n) is 3.43. The molecule has 0 aromatic heterocycles. The zero-order chi connectivity index (χ0) is 19.9. The van der Waals surface area contributed by atoms with Crippen molar-refractivity contribution in [2.24, 2.45) is 0 Å². The predicted octanol–water partition coefficient (Wildman–Crippen LogP) is 0.0775. The van der Waals surface area contributed by atoms with Gasteiger partial charge in [-0.2, -0.15) is 0 Å². The molecule has 0 aliphatic rings. The Hall–Kier alpha value is -2.13. The highest BCUT2D eigenvalue weighted by atomic mass is 35.5. The number of carbonyl (C=O) groups is 3. The van der Waals surface area contributed by atoms with Crippen LogP contribution in [-0.2, 0) is 19.4 Å². The van der Waals surface area contributed by atoms with Crippen LogP contribution in [0, 0.1) is 0 Å². The van der Waals surface area contributed by atoms with Crippen LogP contribution in [0.25, 0.3) is 0 Å². The van der Waals surface area contributed by atoms with Crippen LogP contribution in [-0.4, -0.2) is 69.7 Å². The standard InChI is InChI=1S/C16H22ClN3O5S/c1-20(2)14(21)10-18-16(23)13(8-9-26(3,24)25)19-15(22)11-6-4-5-7-12(11)17/h4-7,13H,8-10H2,1-3H3,(H,18,23)(H,19,22)/t13-/m0/s1. The first-order chi connectivity index (χ1) is 12.0. The Kier molecular flexibility index (Phi) is 8.04. The molecule has 1 rings (SSSR count). The van der Waals surface area contributed by atoms with Gasteiger partial charge in [-0.1, -0.05) is 23.7 Å². The van der Waals surface area contributed by atoms with Crippen LogP contribution in [0.2, 0.25) is 5.02 Å². The second kappa shape index (κ2) is 9.54. The number of benzene rings is 1. The highest BCUT2D eigenvalue weighted by Crippen LogP contribution is 2.15. The minimum Gasteiger partial charge on any atom is -0.347 e. The summed E-state index contributed by atoms with van der Waals surface area (Å²) in [4.78, 5) is 37.6. The van der Waals surface area contributed by atoms with E-state index < -0.39 is 27.7 Å². The van der Waals surface area contributed by atoms with Crippen molar-refractivity contribution < 1.29 is 22.8 Å². The van der Waals surface area contributed by atoms with Crippen LogP contribution in [0.15, 0.2) is 24.3 Å². The average molecular weight is 404 g/mol. The van der Waals surface area contributed by atoms with Crippen molar-refractivity contribution in [2.45, 2.75) is 12.5 Å². The highest BCUT2D eigenvalue weighted by Gasteiger charge is 2.24. The van der Waals surface area contributed by atoms with Crippen LogP contribution < -0.4 is 10.6 Å². The van der Waals surface area contributed by atoms with Gasteiger partial charge < -0.3 is 15.5 Å². The van der Waals surface area contributed by atoms with Crippen LogP contribution in [0.3, 0.4) is 0 Å². The minimum atomic E-state index is -3.34. The number of hydrogen-bond donors (Lipinski definition) is 2. The molecule has 26 heavy (non-hydrogen) atoms. The molecule has 0 saturated heterocycles. The average Bonchev–Trinajstić information content (AvgIpc) is 2.55. The summed E-state index contributed by atoms with van der Waals surface area (Å²) in [5.41, 5.74) is 0.163. The van der Waals surface area contributed by atoms with E-state index in [4.69, 9.17) is 11.6 Å². The van der Waals surface area contributed by atoms with E-state index in [1.165, 1.54) is 31.1 Å². The minimum absolute atomic E-state index is 0.128. The lowest BCUT2D eigenvalue weighted by atomic mass is 10.1. The maximum Gasteiger partial charge on any atom is 0.253 e. The maximum atomic E-state index is 12.4. The number of nitrogens with zero attached hydrogens (tertiary/aromatic N) is 1. The number of hydrogen-bond acceptors (Lipinski definition) is 5. The largest absolute Gasteiger partial charge is 0.347 e. The van der Waals surface area contributed by atoms with Gasteiger partial charge >= 0.3 is 0 Å². The highest BCUT2D eigenvalue weighted by molar-refractivity contribution is 7.90. The Balaban J connectivity index is 2.87. The fourth-order valence-corrected chi connectivity index (χ4v) is 2.81. The number of sulfone groups is 1. The van der Waals surface area contributed by atoms with Gasteiger partial charge in [-0.15, -0.1) is 0 Å². The van der Waals surface area contributed by atoms with Crippen LogP contribution in [0.5, 0.6) is 0 Å². The van der Waals surface area contributed by atoms with Crippen molar-refractivity contribution in [2.75, 3.05) is 32.6 Å². The summed E-state index contributed by atoms with van der Waals surface area (Å²) in [7, 11) is -0.266. The molecule has 1 aromatic carbocycles. The predicted molar refractivity (Wildman–Crippen MR) is 98.7 cm³/mol. The molecule has 0 fully saturated rings. The number of nitrogens with one attached hydrogen (secondary N) is 2. The second-order valence-corrected chi connectivity index (χ2v) is 8.60. The summed E-state index contributed by atoms with van der Waals surface area (Å²) in [5, 5.41) is 5.08. The molecule has 0 bridgehead atoms. The quantitative estimate of drug-likeness (QED) is 0.638. The van der Waals surface area contributed by atoms with Gasteiger partial charge in [-0.05, 0) is 18.6 Å². The SMILES string of the molecule is CN(C)C(=O)CNC(=O)[C@H](CCS(C)(=O)=O)NC(=O)c1ccccc1Cl. The monoisotopic (exact) mass is 403 g/mol. The number of rotatable bonds is 8. The molecule has 0 radical (unpaired) electrons. The van der Waals surface area contributed by atoms with Crippen molar-refractivity contribution in [1.29, 1.82) is 0 Å². The molecule has 0 spiro atoms. The Morgan fingerprint density at radius 1 is 1.19 bits per heavy atom. The van der Waals surface area contributed by atoms with E-state index in [-0.39, 0.29) is 35.2 Å². The van der Waals surface area contributed by atoms with E-state index in [1.54, 1.807) is 12.1 Å². The first-order valence-corrected chi connectivity index (χ1v) is 10.2. The lowest BCUT2D eigenvalue weighted by Crippen LogP contribution is -2.49. The summed E-state index contributed by atoms with van der Waals surface area (Å²) >= 11 is 5.96. The van der Waals surface area contributed by atoms with E-state index in [0.717, 1.165) is 6.26 Å². The van der Waals surface area contributed by atoms with Crippen LogP contribution in [0.1, 0.15) is 16.8 Å². The first-order valence-electron chi connectivity index (χ1n) is 7.72. The van der Waals surface area contributed by atoms with Gasteiger partial charge in [0.25, 0.3) is 5.91 Å². The second-order valence-electron chi connectivity index (χ2n) is 5.93. The maximum absolute atomic E-state index is 12.4. The third-order valence-corrected chi connectivity index (χ3v) is 4.74. The molecule has 8 nitrogen and oxygen atoms in total. The Bertz CT molecular complexity index is 780. The van der Waals surface area contributed by atoms with Gasteiger partial charge in [0.15, 0.2) is 0 Å². The smallest absolute Gasteiger partial charge is 0.253 e. The Morgan fingerprint density at radius 3 is 2.35 bits per heavy atom. The molecule has 1 aromatic rings. The molecule has 2 N–H and O–H groups in total. The van der Waals surface area contributed by atoms with Crippen molar-refractivity contribution in [1.82, 2.24) is 15.5 Å². The zero-order valence-corrected chi connectivity index (χ0v) is 16.4. The van der Waals surface area contributed by atoms with Crippen LogP contribution >= 0.6 is 11.6 Å². The number of likely N-dealkylation sites (N-methyl/N-ethyl adjacent to an activating group) is 1. The van der Waals surface area contributed by atoms with Crippen molar-refractivity contribution in [3.63, 3.8) is 0 Å². The van der Waals surface area contributed by atoms with Gasteiger partial charge in [0, 0.05) is 20.4 Å². The Labute approximate surface area is 157 Å². The molecule has 0 aliphatic carbocycles. The van der Waals surface area contributed by atoms with Gasteiger partial charge in [-0.3, -0.25) is 14.4 Å². The third kappa shape index (κ3) is 7.40. The van der Waals surface area contributed by atoms with Crippen molar-refractivity contribution in [3.05, 3.63) is 34.9 Å². The summed E-state index contributed by atoms with van der Waals surface area (Å²) in [6.07, 6.45) is 0.907. The summed E-state index contributed by atoms with van der Waals surface area (Å²) < 4.78 is 22.8. The first kappa shape index (κ1) is 21.9. The molecule has 0 heterocycles. The van der Waals surface area contributed by atoms with Gasteiger partial charge in [0.2, 0.25) is 11.8 Å². The van der Waals surface area contributed by atoms with E-state index in [9.17, 15) is 22.8 Å². The van der Waals surface area contributed by atoms with E-state index in [1.807, 2.05) is 0 Å². The fourth-order valence-electron chi connectivity index (χ4n) is 1.93. The van der Waals surface area contributed by atoms with E-state index >= 15 is 0 Å². The fraction of sp³-hybridized carbons (Fsp3) is 0.438. The normalized spacial score (nSPS) is 12.2. The summed E-state index contributed by atoms with van der Waals surface area (Å²) in [6.45, 7) is -0.261. The summed E-state index contributed by atoms with van der Waals surface area (Å²) in [5.74, 6) is -1.89. The van der Waals surface area contributed by atoms with Gasteiger partial charge in [0.05, 0.1) is 22.9 Å². The molecule has 0 saturated carbocycles. The topological polar surface area (TPSA) is 113 Å². The van der Waals surface area contributed by atoms with Crippen molar-refractivity contribution in [3.8, 4) is 0 Å². The van der Waals surface area contributed by atoms with E-state index in [0.29, 0.717) is 0 Å². The lowest BCUT2D eigenvalue weighted by Gasteiger charge is -2.19. The zero-order valence-electron chi connectivity index (χ0n) is 14.8. The molecular formula is C16H22ClN3O5S. The van der Waals surface area contributed by atoms with Gasteiger partial charge in [0.1, 0.15) is 15.9 Å². The molecule has 144 valence electrons. The molecule has 0 aliphatic heterocycles. The number of halogens is 1. The molecule has 1 atom stereocenters. The van der Waals surface area contributed by atoms with E-state index in [2.05, 4.69) is 10.6 Å². The van der Waals surface area contributed by atoms with Gasteiger partial charge in [-0.25, -0.2) is 8.42 Å². The van der Waals surface area contributed by atoms with Crippen LogP contribution in [0.4, 0.5) is 0 Å². The molecule has 10 heteroatoms. The molecule has 3 amide bonds. The lowest BCUT2D eigenvalue weighted by molar-refractivity contribution is -0.131. The molecule has 0 unspecified atom stereocenters.